The molecule has 0 spiro atoms. The highest BCUT2D eigenvalue weighted by Crippen LogP contribution is 2.20. The Morgan fingerprint density at radius 1 is 1.29 bits per heavy atom. The fourth-order valence-electron chi connectivity index (χ4n) is 1.57. The summed E-state index contributed by atoms with van der Waals surface area (Å²) in [5.41, 5.74) is 3.36. The SMILES string of the molecule is CC(C)(C)NCc1cn[nH]c1-c1cccnc1. The van der Waals surface area contributed by atoms with Gasteiger partial charge in [-0.3, -0.25) is 10.1 Å². The van der Waals surface area contributed by atoms with Crippen LogP contribution in [0.15, 0.2) is 30.7 Å². The summed E-state index contributed by atoms with van der Waals surface area (Å²) in [7, 11) is 0. The Kier molecular flexibility index (Phi) is 3.24. The maximum absolute atomic E-state index is 4.12. The number of nitrogens with zero attached hydrogens (tertiary/aromatic N) is 2. The first-order chi connectivity index (χ1) is 8.06. The Bertz CT molecular complexity index is 468. The summed E-state index contributed by atoms with van der Waals surface area (Å²) in [5.74, 6) is 0. The van der Waals surface area contributed by atoms with E-state index in [9.17, 15) is 0 Å². The van der Waals surface area contributed by atoms with Crippen LogP contribution in [0.25, 0.3) is 11.3 Å². The van der Waals surface area contributed by atoms with E-state index >= 15 is 0 Å². The van der Waals surface area contributed by atoms with Crippen LogP contribution in [0.3, 0.4) is 0 Å². The van der Waals surface area contributed by atoms with E-state index in [-0.39, 0.29) is 5.54 Å². The lowest BCUT2D eigenvalue weighted by Crippen LogP contribution is -2.35. The summed E-state index contributed by atoms with van der Waals surface area (Å²) in [6.45, 7) is 7.24. The molecule has 2 heterocycles. The summed E-state index contributed by atoms with van der Waals surface area (Å²) in [5, 5.41) is 10.6. The number of aromatic amines is 1. The third kappa shape index (κ3) is 3.14. The van der Waals surface area contributed by atoms with Crippen LogP contribution < -0.4 is 5.32 Å². The molecule has 0 fully saturated rings. The molecule has 2 rings (SSSR count). The van der Waals surface area contributed by atoms with Crippen LogP contribution in [-0.4, -0.2) is 20.7 Å². The molecular weight excluding hydrogens is 212 g/mol. The highest BCUT2D eigenvalue weighted by molar-refractivity contribution is 5.61. The molecule has 0 unspecified atom stereocenters. The van der Waals surface area contributed by atoms with Crippen molar-refractivity contribution in [2.75, 3.05) is 0 Å². The first kappa shape index (κ1) is 11.8. The molecule has 0 saturated carbocycles. The van der Waals surface area contributed by atoms with Gasteiger partial charge in [0.2, 0.25) is 0 Å². The van der Waals surface area contributed by atoms with Crippen LogP contribution >= 0.6 is 0 Å². The zero-order valence-corrected chi connectivity index (χ0v) is 10.5. The van der Waals surface area contributed by atoms with Gasteiger partial charge in [0.05, 0.1) is 11.9 Å². The van der Waals surface area contributed by atoms with Crippen LogP contribution in [0.5, 0.6) is 0 Å². The largest absolute Gasteiger partial charge is 0.308 e. The first-order valence-electron chi connectivity index (χ1n) is 5.74. The fraction of sp³-hybridized carbons (Fsp3) is 0.385. The molecule has 2 aromatic heterocycles. The summed E-state index contributed by atoms with van der Waals surface area (Å²) < 4.78 is 0. The Morgan fingerprint density at radius 3 is 2.76 bits per heavy atom. The molecule has 0 bridgehead atoms. The number of hydrogen-bond acceptors (Lipinski definition) is 3. The van der Waals surface area contributed by atoms with Gasteiger partial charge < -0.3 is 5.32 Å². The molecule has 17 heavy (non-hydrogen) atoms. The van der Waals surface area contributed by atoms with Gasteiger partial charge in [-0.2, -0.15) is 5.10 Å². The lowest BCUT2D eigenvalue weighted by molar-refractivity contribution is 0.424. The van der Waals surface area contributed by atoms with Crippen molar-refractivity contribution in [3.8, 4) is 11.3 Å². The highest BCUT2D eigenvalue weighted by Gasteiger charge is 2.12. The standard InChI is InChI=1S/C13H18N4/c1-13(2,3)15-8-11-9-16-17-12(11)10-5-4-6-14-7-10/h4-7,9,15H,8H2,1-3H3,(H,16,17). The Balaban J connectivity index is 2.18. The predicted octanol–water partition coefficient (Wildman–Crippen LogP) is 2.36. The van der Waals surface area contributed by atoms with E-state index in [4.69, 9.17) is 0 Å². The molecule has 0 aliphatic heterocycles. The van der Waals surface area contributed by atoms with E-state index in [0.29, 0.717) is 0 Å². The van der Waals surface area contributed by atoms with E-state index in [1.54, 1.807) is 6.20 Å². The highest BCUT2D eigenvalue weighted by atomic mass is 15.1. The van der Waals surface area contributed by atoms with Crippen LogP contribution in [0.1, 0.15) is 26.3 Å². The van der Waals surface area contributed by atoms with E-state index in [1.807, 2.05) is 24.5 Å². The fourth-order valence-corrected chi connectivity index (χ4v) is 1.57. The molecule has 0 radical (unpaired) electrons. The second kappa shape index (κ2) is 4.67. The molecular formula is C13H18N4. The van der Waals surface area contributed by atoms with Gasteiger partial charge >= 0.3 is 0 Å². The van der Waals surface area contributed by atoms with Gasteiger partial charge in [0.1, 0.15) is 0 Å². The molecule has 0 atom stereocenters. The van der Waals surface area contributed by atoms with Crippen LogP contribution in [-0.2, 0) is 6.54 Å². The molecule has 0 aromatic carbocycles. The summed E-state index contributed by atoms with van der Waals surface area (Å²) in [6, 6.07) is 3.96. The smallest absolute Gasteiger partial charge is 0.0710 e. The van der Waals surface area contributed by atoms with Crippen LogP contribution in [0.2, 0.25) is 0 Å². The molecule has 0 aliphatic rings. The second-order valence-electron chi connectivity index (χ2n) is 5.12. The van der Waals surface area contributed by atoms with E-state index in [1.165, 1.54) is 0 Å². The molecule has 90 valence electrons. The Morgan fingerprint density at radius 2 is 2.12 bits per heavy atom. The average Bonchev–Trinajstić information content (AvgIpc) is 2.75. The van der Waals surface area contributed by atoms with Crippen molar-refractivity contribution in [3.63, 3.8) is 0 Å². The molecule has 4 heteroatoms. The van der Waals surface area contributed by atoms with Crippen molar-refractivity contribution in [3.05, 3.63) is 36.3 Å². The maximum Gasteiger partial charge on any atom is 0.0710 e. The van der Waals surface area contributed by atoms with Crippen molar-refractivity contribution < 1.29 is 0 Å². The number of aromatic nitrogens is 3. The van der Waals surface area contributed by atoms with Gasteiger partial charge in [0.15, 0.2) is 0 Å². The third-order valence-electron chi connectivity index (χ3n) is 2.48. The normalized spacial score (nSPS) is 11.7. The van der Waals surface area contributed by atoms with Crippen molar-refractivity contribution in [1.29, 1.82) is 0 Å². The first-order valence-corrected chi connectivity index (χ1v) is 5.74. The minimum Gasteiger partial charge on any atom is -0.308 e. The number of pyridine rings is 1. The molecule has 0 aliphatic carbocycles. The van der Waals surface area contributed by atoms with Crippen molar-refractivity contribution in [1.82, 2.24) is 20.5 Å². The summed E-state index contributed by atoms with van der Waals surface area (Å²) in [4.78, 5) is 4.12. The predicted molar refractivity (Wildman–Crippen MR) is 68.4 cm³/mol. The zero-order chi connectivity index (χ0) is 12.3. The van der Waals surface area contributed by atoms with Gasteiger partial charge in [-0.05, 0) is 32.9 Å². The second-order valence-corrected chi connectivity index (χ2v) is 5.12. The Labute approximate surface area is 101 Å². The molecule has 0 amide bonds. The molecule has 2 N–H and O–H groups in total. The lowest BCUT2D eigenvalue weighted by Gasteiger charge is -2.20. The lowest BCUT2D eigenvalue weighted by atomic mass is 10.1. The van der Waals surface area contributed by atoms with Crippen molar-refractivity contribution in [2.45, 2.75) is 32.9 Å². The minimum atomic E-state index is 0.101. The maximum atomic E-state index is 4.12. The van der Waals surface area contributed by atoms with Crippen LogP contribution in [0.4, 0.5) is 0 Å². The van der Waals surface area contributed by atoms with Crippen LogP contribution in [0, 0.1) is 0 Å². The van der Waals surface area contributed by atoms with E-state index in [2.05, 4.69) is 41.3 Å². The quantitative estimate of drug-likeness (QED) is 0.851. The van der Waals surface area contributed by atoms with Crippen molar-refractivity contribution in [2.24, 2.45) is 0 Å². The number of nitrogens with one attached hydrogen (secondary N) is 2. The van der Waals surface area contributed by atoms with Gasteiger partial charge in [0, 0.05) is 35.6 Å². The molecule has 0 saturated heterocycles. The average molecular weight is 230 g/mol. The molecule has 2 aromatic rings. The summed E-state index contributed by atoms with van der Waals surface area (Å²) in [6.07, 6.45) is 5.47. The zero-order valence-electron chi connectivity index (χ0n) is 10.5. The van der Waals surface area contributed by atoms with E-state index in [0.717, 1.165) is 23.4 Å². The van der Waals surface area contributed by atoms with Gasteiger partial charge in [-0.15, -0.1) is 0 Å². The number of H-pyrrole nitrogens is 1. The number of rotatable bonds is 3. The Hall–Kier alpha value is -1.68. The van der Waals surface area contributed by atoms with Gasteiger partial charge in [-0.25, -0.2) is 0 Å². The summed E-state index contributed by atoms with van der Waals surface area (Å²) >= 11 is 0. The molecule has 4 nitrogen and oxygen atoms in total. The number of hydrogen-bond donors (Lipinski definition) is 2. The monoisotopic (exact) mass is 230 g/mol. The van der Waals surface area contributed by atoms with Gasteiger partial charge in [-0.1, -0.05) is 0 Å². The topological polar surface area (TPSA) is 53.6 Å². The van der Waals surface area contributed by atoms with E-state index < -0.39 is 0 Å². The van der Waals surface area contributed by atoms with Crippen molar-refractivity contribution >= 4 is 0 Å². The van der Waals surface area contributed by atoms with Gasteiger partial charge in [0.25, 0.3) is 0 Å². The third-order valence-corrected chi connectivity index (χ3v) is 2.48. The minimum absolute atomic E-state index is 0.101.